The maximum absolute atomic E-state index is 13.5. The van der Waals surface area contributed by atoms with Gasteiger partial charge >= 0.3 is 0 Å². The SMILES string of the molecule is N#C[C@@H]1C[C@H](F)CN1C(=O)CNC1C2CN(c3nc4ccccc4o3)CC21. The lowest BCUT2D eigenvalue weighted by atomic mass is 10.2. The Morgan fingerprint density at radius 2 is 2.11 bits per heavy atom. The van der Waals surface area contributed by atoms with Gasteiger partial charge in [-0.05, 0) is 24.0 Å². The van der Waals surface area contributed by atoms with Crippen molar-refractivity contribution in [1.29, 1.82) is 5.26 Å². The fourth-order valence-electron chi connectivity index (χ4n) is 4.47. The Hall–Kier alpha value is -2.66. The standard InChI is InChI=1S/C19H20FN5O2/c20-11-5-12(6-21)25(8-11)17(26)7-22-18-13-9-24(10-14(13)18)19-23-15-3-1-2-4-16(15)27-19/h1-4,11-14,18,22H,5,7-10H2/t11-,12-,13?,14?,18?/m0/s1. The first-order valence-electron chi connectivity index (χ1n) is 9.31. The van der Waals surface area contributed by atoms with Gasteiger partial charge in [-0.25, -0.2) is 4.39 Å². The van der Waals surface area contributed by atoms with Gasteiger partial charge in [0.05, 0.1) is 19.2 Å². The van der Waals surface area contributed by atoms with Crippen LogP contribution in [0.15, 0.2) is 28.7 Å². The molecule has 2 aromatic rings. The molecule has 3 heterocycles. The summed E-state index contributed by atoms with van der Waals surface area (Å²) in [5.74, 6) is 0.738. The van der Waals surface area contributed by atoms with Crippen molar-refractivity contribution in [3.05, 3.63) is 24.3 Å². The summed E-state index contributed by atoms with van der Waals surface area (Å²) in [6, 6.07) is 10.0. The van der Waals surface area contributed by atoms with Crippen LogP contribution in [0.3, 0.4) is 0 Å². The summed E-state index contributed by atoms with van der Waals surface area (Å²) in [5.41, 5.74) is 1.65. The van der Waals surface area contributed by atoms with Crippen molar-refractivity contribution < 1.29 is 13.6 Å². The van der Waals surface area contributed by atoms with E-state index in [1.165, 1.54) is 4.90 Å². The van der Waals surface area contributed by atoms with E-state index in [0.29, 0.717) is 23.9 Å². The Bertz CT molecular complexity index is 879. The van der Waals surface area contributed by atoms with Crippen molar-refractivity contribution in [3.8, 4) is 6.07 Å². The molecule has 1 N–H and O–H groups in total. The van der Waals surface area contributed by atoms with Crippen molar-refractivity contribution in [1.82, 2.24) is 15.2 Å². The van der Waals surface area contributed by atoms with Gasteiger partial charge in [0.2, 0.25) is 5.91 Å². The number of carbonyl (C=O) groups is 1. The molecule has 4 atom stereocenters. The van der Waals surface area contributed by atoms with Crippen molar-refractivity contribution in [2.45, 2.75) is 24.7 Å². The molecule has 2 aliphatic heterocycles. The molecule has 0 spiro atoms. The number of alkyl halides is 1. The lowest BCUT2D eigenvalue weighted by molar-refractivity contribution is -0.130. The number of hydrogen-bond acceptors (Lipinski definition) is 6. The molecular weight excluding hydrogens is 349 g/mol. The van der Waals surface area contributed by atoms with Crippen LogP contribution in [0.4, 0.5) is 10.4 Å². The van der Waals surface area contributed by atoms with Gasteiger partial charge in [-0.2, -0.15) is 10.2 Å². The maximum Gasteiger partial charge on any atom is 0.298 e. The Morgan fingerprint density at radius 1 is 1.33 bits per heavy atom. The molecule has 8 heteroatoms. The van der Waals surface area contributed by atoms with Crippen LogP contribution in [-0.4, -0.2) is 60.2 Å². The molecule has 3 fully saturated rings. The Labute approximate surface area is 155 Å². The van der Waals surface area contributed by atoms with Crippen LogP contribution in [0.25, 0.3) is 11.1 Å². The molecule has 0 radical (unpaired) electrons. The number of likely N-dealkylation sites (tertiary alicyclic amines) is 1. The highest BCUT2D eigenvalue weighted by Crippen LogP contribution is 2.46. The van der Waals surface area contributed by atoms with E-state index >= 15 is 0 Å². The van der Waals surface area contributed by atoms with Gasteiger partial charge in [0.1, 0.15) is 17.7 Å². The molecule has 1 aromatic carbocycles. The van der Waals surface area contributed by atoms with Gasteiger partial charge in [-0.1, -0.05) is 12.1 Å². The summed E-state index contributed by atoms with van der Waals surface area (Å²) in [4.78, 5) is 20.4. The first-order valence-corrected chi connectivity index (χ1v) is 9.31. The molecule has 2 saturated heterocycles. The molecule has 5 rings (SSSR count). The molecular formula is C19H20FN5O2. The third-order valence-corrected chi connectivity index (χ3v) is 5.96. The lowest BCUT2D eigenvalue weighted by Gasteiger charge is -2.21. The molecule has 1 aliphatic carbocycles. The summed E-state index contributed by atoms with van der Waals surface area (Å²) in [5, 5.41) is 12.4. The maximum atomic E-state index is 13.5. The molecule has 1 saturated carbocycles. The number of halogens is 1. The molecule has 3 aliphatic rings. The zero-order valence-corrected chi connectivity index (χ0v) is 14.7. The molecule has 1 amide bonds. The van der Waals surface area contributed by atoms with Crippen LogP contribution in [-0.2, 0) is 4.79 Å². The van der Waals surface area contributed by atoms with Crippen molar-refractivity contribution >= 4 is 23.0 Å². The second-order valence-electron chi connectivity index (χ2n) is 7.63. The third kappa shape index (κ3) is 2.82. The first kappa shape index (κ1) is 16.5. The van der Waals surface area contributed by atoms with E-state index in [9.17, 15) is 9.18 Å². The number of amides is 1. The fraction of sp³-hybridized carbons (Fsp3) is 0.526. The van der Waals surface area contributed by atoms with Crippen LogP contribution >= 0.6 is 0 Å². The minimum atomic E-state index is -1.09. The Kier molecular flexibility index (Phi) is 3.79. The van der Waals surface area contributed by atoms with Gasteiger partial charge < -0.3 is 19.5 Å². The fourth-order valence-corrected chi connectivity index (χ4v) is 4.47. The average molecular weight is 369 g/mol. The van der Waals surface area contributed by atoms with Crippen molar-refractivity contribution in [2.75, 3.05) is 31.1 Å². The largest absolute Gasteiger partial charge is 0.423 e. The summed E-state index contributed by atoms with van der Waals surface area (Å²) < 4.78 is 19.3. The number of nitrogens with one attached hydrogen (secondary N) is 1. The minimum Gasteiger partial charge on any atom is -0.423 e. The predicted octanol–water partition coefficient (Wildman–Crippen LogP) is 1.31. The number of nitrogens with zero attached hydrogens (tertiary/aromatic N) is 4. The molecule has 7 nitrogen and oxygen atoms in total. The van der Waals surface area contributed by atoms with E-state index in [-0.39, 0.29) is 25.4 Å². The minimum absolute atomic E-state index is 0.0295. The van der Waals surface area contributed by atoms with E-state index in [4.69, 9.17) is 9.68 Å². The molecule has 140 valence electrons. The van der Waals surface area contributed by atoms with Crippen LogP contribution < -0.4 is 10.2 Å². The van der Waals surface area contributed by atoms with Crippen LogP contribution in [0.5, 0.6) is 0 Å². The number of carbonyl (C=O) groups excluding carboxylic acids is 1. The number of aromatic nitrogens is 1. The third-order valence-electron chi connectivity index (χ3n) is 5.96. The van der Waals surface area contributed by atoms with Crippen LogP contribution in [0.2, 0.25) is 0 Å². The monoisotopic (exact) mass is 369 g/mol. The number of para-hydroxylation sites is 2. The zero-order chi connectivity index (χ0) is 18.5. The second kappa shape index (κ2) is 6.20. The number of hydrogen-bond donors (Lipinski definition) is 1. The molecule has 2 unspecified atom stereocenters. The Morgan fingerprint density at radius 3 is 2.85 bits per heavy atom. The number of rotatable bonds is 4. The van der Waals surface area contributed by atoms with Gasteiger partial charge in [-0.3, -0.25) is 4.79 Å². The number of piperidine rings is 1. The highest BCUT2D eigenvalue weighted by Gasteiger charge is 2.56. The van der Waals surface area contributed by atoms with E-state index in [1.807, 2.05) is 30.3 Å². The van der Waals surface area contributed by atoms with Gasteiger partial charge in [-0.15, -0.1) is 0 Å². The van der Waals surface area contributed by atoms with E-state index in [1.54, 1.807) is 0 Å². The number of fused-ring (bicyclic) bond motifs is 2. The highest BCUT2D eigenvalue weighted by molar-refractivity contribution is 5.79. The first-order chi connectivity index (χ1) is 13.1. The smallest absolute Gasteiger partial charge is 0.298 e. The molecule has 1 aromatic heterocycles. The van der Waals surface area contributed by atoms with Crippen LogP contribution in [0.1, 0.15) is 6.42 Å². The number of anilines is 1. The topological polar surface area (TPSA) is 85.4 Å². The van der Waals surface area contributed by atoms with Gasteiger partial charge in [0.15, 0.2) is 5.58 Å². The summed E-state index contributed by atoms with van der Waals surface area (Å²) in [7, 11) is 0. The van der Waals surface area contributed by atoms with E-state index in [0.717, 1.165) is 24.2 Å². The normalized spacial score (nSPS) is 31.9. The number of nitriles is 1. The second-order valence-corrected chi connectivity index (χ2v) is 7.63. The predicted molar refractivity (Wildman–Crippen MR) is 95.6 cm³/mol. The van der Waals surface area contributed by atoms with Gasteiger partial charge in [0, 0.05) is 25.6 Å². The molecule has 0 bridgehead atoms. The summed E-state index contributed by atoms with van der Waals surface area (Å²) in [6.45, 7) is 1.88. The highest BCUT2D eigenvalue weighted by atomic mass is 19.1. The number of oxazole rings is 1. The Balaban J connectivity index is 1.14. The molecule has 27 heavy (non-hydrogen) atoms. The van der Waals surface area contributed by atoms with E-state index in [2.05, 4.69) is 15.2 Å². The quantitative estimate of drug-likeness (QED) is 0.875. The summed E-state index contributed by atoms with van der Waals surface area (Å²) in [6.07, 6.45) is -0.972. The summed E-state index contributed by atoms with van der Waals surface area (Å²) >= 11 is 0. The van der Waals surface area contributed by atoms with Crippen molar-refractivity contribution in [3.63, 3.8) is 0 Å². The number of benzene rings is 1. The van der Waals surface area contributed by atoms with Gasteiger partial charge in [0.25, 0.3) is 6.01 Å². The average Bonchev–Trinajstić information content (AvgIpc) is 3.12. The van der Waals surface area contributed by atoms with Crippen LogP contribution in [0, 0.1) is 23.2 Å². The lowest BCUT2D eigenvalue weighted by Crippen LogP contribution is -2.43. The van der Waals surface area contributed by atoms with E-state index < -0.39 is 12.2 Å². The van der Waals surface area contributed by atoms with Crippen molar-refractivity contribution in [2.24, 2.45) is 11.8 Å². The zero-order valence-electron chi connectivity index (χ0n) is 14.7.